The van der Waals surface area contributed by atoms with Crippen molar-refractivity contribution in [3.8, 4) is 0 Å². The average molecular weight is 282 g/mol. The minimum absolute atomic E-state index is 0.0693. The monoisotopic (exact) mass is 280 g/mol. The van der Waals surface area contributed by atoms with Crippen molar-refractivity contribution >= 4 is 56.2 Å². The first kappa shape index (κ1) is 9.12. The Bertz CT molecular complexity index is 483. The molecule has 0 saturated carbocycles. The molecule has 0 aliphatic rings. The Balaban J connectivity index is 2.95. The third kappa shape index (κ3) is 1.39. The van der Waals surface area contributed by atoms with Crippen molar-refractivity contribution in [3.63, 3.8) is 0 Å². The molecule has 0 bridgehead atoms. The van der Waals surface area contributed by atoms with E-state index in [0.29, 0.717) is 25.6 Å². The van der Waals surface area contributed by atoms with Crippen LogP contribution in [0.15, 0.2) is 15.0 Å². The zero-order valence-corrected chi connectivity index (χ0v) is 9.24. The van der Waals surface area contributed by atoms with Gasteiger partial charge in [0, 0.05) is 0 Å². The van der Waals surface area contributed by atoms with Gasteiger partial charge in [-0.2, -0.15) is 4.98 Å². The molecule has 2 N–H and O–H groups in total. The van der Waals surface area contributed by atoms with Gasteiger partial charge in [0.2, 0.25) is 0 Å². The van der Waals surface area contributed by atoms with Crippen LogP contribution in [0.3, 0.4) is 0 Å². The number of oxazole rings is 1. The fraction of sp³-hybridized carbons (Fsp3) is 0. The van der Waals surface area contributed by atoms with Gasteiger partial charge in [0.25, 0.3) is 6.01 Å². The first-order valence-electron chi connectivity index (χ1n) is 3.29. The fourth-order valence-corrected chi connectivity index (χ4v) is 1.87. The maximum atomic E-state index is 5.86. The summed E-state index contributed by atoms with van der Waals surface area (Å²) in [6.45, 7) is 0. The Morgan fingerprint density at radius 1 is 1.38 bits per heavy atom. The molecule has 0 aliphatic heterocycles. The van der Waals surface area contributed by atoms with Gasteiger partial charge in [0.05, 0.1) is 14.5 Å². The predicted octanol–water partition coefficient (Wildman–Crippen LogP) is 3.48. The molecule has 68 valence electrons. The van der Waals surface area contributed by atoms with E-state index in [2.05, 4.69) is 20.9 Å². The third-order valence-electron chi connectivity index (χ3n) is 1.53. The van der Waals surface area contributed by atoms with Gasteiger partial charge in [-0.1, -0.05) is 23.2 Å². The number of rotatable bonds is 0. The first-order chi connectivity index (χ1) is 6.09. The molecule has 0 saturated heterocycles. The molecule has 0 unspecified atom stereocenters. The predicted molar refractivity (Wildman–Crippen MR) is 56.1 cm³/mol. The summed E-state index contributed by atoms with van der Waals surface area (Å²) < 4.78 is 5.72. The summed E-state index contributed by atoms with van der Waals surface area (Å²) in [5.74, 6) is 0. The number of halogens is 3. The van der Waals surface area contributed by atoms with Gasteiger partial charge in [0.1, 0.15) is 5.52 Å². The maximum Gasteiger partial charge on any atom is 0.293 e. The molecule has 6 heteroatoms. The second kappa shape index (κ2) is 3.04. The molecule has 0 spiro atoms. The Labute approximate surface area is 91.9 Å². The lowest BCUT2D eigenvalue weighted by Crippen LogP contribution is -1.80. The molecule has 0 radical (unpaired) electrons. The summed E-state index contributed by atoms with van der Waals surface area (Å²) in [7, 11) is 0. The highest BCUT2D eigenvalue weighted by atomic mass is 79.9. The van der Waals surface area contributed by atoms with Crippen molar-refractivity contribution in [3.05, 3.63) is 20.6 Å². The summed E-state index contributed by atoms with van der Waals surface area (Å²) in [6, 6.07) is 1.65. The molecule has 13 heavy (non-hydrogen) atoms. The number of benzene rings is 1. The normalized spacial score (nSPS) is 11.0. The van der Waals surface area contributed by atoms with Crippen molar-refractivity contribution < 1.29 is 4.42 Å². The lowest BCUT2D eigenvalue weighted by atomic mass is 10.3. The standard InChI is InChI=1S/C7H3BrCl2N2O/c8-4-2(9)1-3(10)5-6(4)13-7(11)12-5/h1H,(H2,11,12). The van der Waals surface area contributed by atoms with Crippen LogP contribution >= 0.6 is 39.1 Å². The number of fused-ring (bicyclic) bond motifs is 1. The number of hydrogen-bond donors (Lipinski definition) is 1. The van der Waals surface area contributed by atoms with Gasteiger partial charge >= 0.3 is 0 Å². The van der Waals surface area contributed by atoms with Gasteiger partial charge in [-0.25, -0.2) is 0 Å². The van der Waals surface area contributed by atoms with Crippen molar-refractivity contribution in [1.29, 1.82) is 0 Å². The highest BCUT2D eigenvalue weighted by Crippen LogP contribution is 2.36. The highest BCUT2D eigenvalue weighted by Gasteiger charge is 2.13. The van der Waals surface area contributed by atoms with Crippen LogP contribution in [-0.4, -0.2) is 4.98 Å². The summed E-state index contributed by atoms with van der Waals surface area (Å²) in [6.07, 6.45) is 0. The number of anilines is 1. The summed E-state index contributed by atoms with van der Waals surface area (Å²) >= 11 is 15.0. The van der Waals surface area contributed by atoms with Crippen LogP contribution in [0.4, 0.5) is 6.01 Å². The van der Waals surface area contributed by atoms with E-state index in [1.165, 1.54) is 0 Å². The lowest BCUT2D eigenvalue weighted by molar-refractivity contribution is 0.624. The van der Waals surface area contributed by atoms with Crippen LogP contribution in [0.2, 0.25) is 10.0 Å². The number of hydrogen-bond acceptors (Lipinski definition) is 3. The minimum atomic E-state index is 0.0693. The zero-order chi connectivity index (χ0) is 9.59. The summed E-state index contributed by atoms with van der Waals surface area (Å²) in [4.78, 5) is 3.91. The van der Waals surface area contributed by atoms with Crippen LogP contribution in [0.25, 0.3) is 11.1 Å². The van der Waals surface area contributed by atoms with Gasteiger partial charge in [-0.05, 0) is 22.0 Å². The van der Waals surface area contributed by atoms with Crippen molar-refractivity contribution in [2.75, 3.05) is 5.73 Å². The average Bonchev–Trinajstić information content (AvgIpc) is 2.44. The van der Waals surface area contributed by atoms with Crippen LogP contribution in [0.5, 0.6) is 0 Å². The SMILES string of the molecule is Nc1nc2c(Cl)cc(Cl)c(Br)c2o1. The highest BCUT2D eigenvalue weighted by molar-refractivity contribution is 9.10. The Hall–Kier alpha value is -0.450. The number of nitrogens with two attached hydrogens (primary N) is 1. The number of nitrogens with zero attached hydrogens (tertiary/aromatic N) is 1. The molecule has 0 aliphatic carbocycles. The van der Waals surface area contributed by atoms with E-state index in [1.807, 2.05) is 0 Å². The minimum Gasteiger partial charge on any atom is -0.422 e. The number of nitrogen functional groups attached to an aromatic ring is 1. The van der Waals surface area contributed by atoms with E-state index < -0.39 is 0 Å². The summed E-state index contributed by atoms with van der Waals surface area (Å²) in [5.41, 5.74) is 6.36. The largest absolute Gasteiger partial charge is 0.422 e. The molecule has 0 amide bonds. The van der Waals surface area contributed by atoms with E-state index in [4.69, 9.17) is 33.4 Å². The molecule has 3 nitrogen and oxygen atoms in total. The molecular weight excluding hydrogens is 279 g/mol. The third-order valence-corrected chi connectivity index (χ3v) is 3.13. The molecular formula is C7H3BrCl2N2O. The Kier molecular flexibility index (Phi) is 2.14. The van der Waals surface area contributed by atoms with Gasteiger partial charge in [-0.3, -0.25) is 0 Å². The van der Waals surface area contributed by atoms with Crippen LogP contribution in [0, 0.1) is 0 Å². The zero-order valence-electron chi connectivity index (χ0n) is 6.14. The molecule has 2 rings (SSSR count). The number of aromatic nitrogens is 1. The van der Waals surface area contributed by atoms with E-state index in [0.717, 1.165) is 0 Å². The van der Waals surface area contributed by atoms with Crippen molar-refractivity contribution in [1.82, 2.24) is 4.98 Å². The molecule has 0 atom stereocenters. The Morgan fingerprint density at radius 3 is 2.77 bits per heavy atom. The molecule has 0 fully saturated rings. The van der Waals surface area contributed by atoms with Crippen LogP contribution < -0.4 is 5.73 Å². The van der Waals surface area contributed by atoms with E-state index in [-0.39, 0.29) is 6.01 Å². The lowest BCUT2D eigenvalue weighted by Gasteiger charge is -1.96. The van der Waals surface area contributed by atoms with Gasteiger partial charge < -0.3 is 10.2 Å². The Morgan fingerprint density at radius 2 is 2.08 bits per heavy atom. The smallest absolute Gasteiger partial charge is 0.293 e. The fourth-order valence-electron chi connectivity index (χ4n) is 0.999. The molecule has 1 aromatic carbocycles. The second-order valence-electron chi connectivity index (χ2n) is 2.38. The van der Waals surface area contributed by atoms with Crippen molar-refractivity contribution in [2.24, 2.45) is 0 Å². The molecule has 1 heterocycles. The van der Waals surface area contributed by atoms with E-state index >= 15 is 0 Å². The first-order valence-corrected chi connectivity index (χ1v) is 4.84. The van der Waals surface area contributed by atoms with Gasteiger partial charge in [0.15, 0.2) is 5.58 Å². The van der Waals surface area contributed by atoms with Crippen LogP contribution in [-0.2, 0) is 0 Å². The van der Waals surface area contributed by atoms with E-state index in [1.54, 1.807) is 6.07 Å². The topological polar surface area (TPSA) is 52.0 Å². The van der Waals surface area contributed by atoms with Crippen LogP contribution in [0.1, 0.15) is 0 Å². The maximum absolute atomic E-state index is 5.86. The van der Waals surface area contributed by atoms with Gasteiger partial charge in [-0.15, -0.1) is 0 Å². The molecule has 2 aromatic rings. The summed E-state index contributed by atoms with van der Waals surface area (Å²) in [5, 5.41) is 0.886. The van der Waals surface area contributed by atoms with E-state index in [9.17, 15) is 0 Å². The second-order valence-corrected chi connectivity index (χ2v) is 3.99. The van der Waals surface area contributed by atoms with Crippen molar-refractivity contribution in [2.45, 2.75) is 0 Å². The quantitative estimate of drug-likeness (QED) is 0.752. The molecule has 1 aromatic heterocycles.